The van der Waals surface area contributed by atoms with Crippen molar-refractivity contribution < 1.29 is 32.2 Å². The van der Waals surface area contributed by atoms with Crippen LogP contribution in [0.4, 0.5) is 0 Å². The third kappa shape index (κ3) is 3.32. The summed E-state index contributed by atoms with van der Waals surface area (Å²) >= 11 is 5.30. The van der Waals surface area contributed by atoms with Crippen molar-refractivity contribution in [3.63, 3.8) is 0 Å². The molecule has 2 aliphatic heterocycles. The molecule has 4 nitrogen and oxygen atoms in total. The van der Waals surface area contributed by atoms with Gasteiger partial charge in [0.05, 0.1) is 19.3 Å². The molecule has 2 bridgehead atoms. The number of hydrogen-bond donors (Lipinski definition) is 0. The first-order valence-electron chi connectivity index (χ1n) is 4.83. The van der Waals surface area contributed by atoms with Crippen molar-refractivity contribution in [2.45, 2.75) is 30.8 Å². The molecule has 0 aromatic rings. The zero-order valence-corrected chi connectivity index (χ0v) is 15.9. The second-order valence-corrected chi connectivity index (χ2v) is 20.1. The van der Waals surface area contributed by atoms with Gasteiger partial charge in [0.15, 0.2) is 0 Å². The van der Waals surface area contributed by atoms with Gasteiger partial charge in [-0.1, -0.05) is 0 Å². The summed E-state index contributed by atoms with van der Waals surface area (Å²) < 4.78 is 21.9. The van der Waals surface area contributed by atoms with Crippen LogP contribution in [0.15, 0.2) is 0 Å². The monoisotopic (exact) mass is 569 g/mol. The molecule has 2 saturated heterocycles. The van der Waals surface area contributed by atoms with Crippen LogP contribution in [0.1, 0.15) is 6.92 Å². The average Bonchev–Trinajstić information content (AvgIpc) is 2.69. The number of methoxy groups -OCH3 is 2. The van der Waals surface area contributed by atoms with E-state index in [1.54, 1.807) is 14.2 Å². The molecule has 4 atom stereocenters. The van der Waals surface area contributed by atoms with E-state index in [1.165, 1.54) is 0 Å². The van der Waals surface area contributed by atoms with Crippen molar-refractivity contribution >= 4 is 37.2 Å². The Kier molecular flexibility index (Phi) is 7.62. The number of hydrogen-bond acceptors (Lipinski definition) is 4. The predicted molar refractivity (Wildman–Crippen MR) is 73.7 cm³/mol. The molecular weight excluding hydrogens is 553 g/mol. The predicted octanol–water partition coefficient (Wildman–Crippen LogP) is -1.02. The molecule has 0 spiro atoms. The molecule has 0 amide bonds. The number of fused-ring (bicyclic) bond motifs is 2. The fourth-order valence-corrected chi connectivity index (χ4v) is 2.38. The first kappa shape index (κ1) is 16.1. The first-order chi connectivity index (χ1) is 7.65. The minimum absolute atomic E-state index is 0.0162. The molecule has 2 aliphatic rings. The Morgan fingerprint density at radius 3 is 2.50 bits per heavy atom. The van der Waals surface area contributed by atoms with Crippen LogP contribution in [-0.4, -0.2) is 51.3 Å². The van der Waals surface area contributed by atoms with E-state index in [0.29, 0.717) is 26.5 Å². The summed E-state index contributed by atoms with van der Waals surface area (Å²) in [6, 6.07) is 0. The van der Waals surface area contributed by atoms with Crippen LogP contribution in [0.5, 0.6) is 0 Å². The van der Waals surface area contributed by atoms with Gasteiger partial charge in [0.2, 0.25) is 0 Å². The van der Waals surface area contributed by atoms with E-state index < -0.39 is 0 Å². The minimum atomic E-state index is -0.367. The molecule has 7 heteroatoms. The molecule has 0 radical (unpaired) electrons. The van der Waals surface area contributed by atoms with Gasteiger partial charge in [0.1, 0.15) is 17.8 Å². The van der Waals surface area contributed by atoms with Gasteiger partial charge < -0.3 is 18.9 Å². The van der Waals surface area contributed by atoms with Crippen molar-refractivity contribution in [2.24, 2.45) is 0 Å². The summed E-state index contributed by atoms with van der Waals surface area (Å²) in [7, 11) is 3.36. The molecule has 0 saturated carbocycles. The van der Waals surface area contributed by atoms with Crippen molar-refractivity contribution in [2.75, 3.05) is 27.4 Å². The topological polar surface area (TPSA) is 36.9 Å². The van der Waals surface area contributed by atoms with Gasteiger partial charge in [-0.3, -0.25) is 0 Å². The number of ether oxygens (including phenoxy) is 4. The molecule has 2 heterocycles. The van der Waals surface area contributed by atoms with Crippen LogP contribution in [0.25, 0.3) is 0 Å². The van der Waals surface area contributed by atoms with Crippen molar-refractivity contribution in [1.29, 1.82) is 0 Å². The first-order valence-corrected chi connectivity index (χ1v) is 17.4. The fraction of sp³-hybridized carbons (Fsp3) is 1.00. The van der Waals surface area contributed by atoms with E-state index in [9.17, 15) is 0 Å². The molecule has 98 valence electrons. The zero-order chi connectivity index (χ0) is 12.2. The summed E-state index contributed by atoms with van der Waals surface area (Å²) in [6.07, 6.45) is 0.191. The molecule has 16 heavy (non-hydrogen) atoms. The van der Waals surface area contributed by atoms with Crippen molar-refractivity contribution in [3.05, 3.63) is 0 Å². The number of rotatable bonds is 3. The normalized spacial score (nSPS) is 40.9. The Balaban J connectivity index is 0.000000386. The molecule has 0 aliphatic carbocycles. The third-order valence-corrected chi connectivity index (χ3v) is 2.86. The molecular formula is C9H16I3O4-. The quantitative estimate of drug-likeness (QED) is 0.409. The fourth-order valence-electron chi connectivity index (χ4n) is 2.38. The zero-order valence-electron chi connectivity index (χ0n) is 9.41. The number of halogens is 3. The maximum atomic E-state index is 5.82. The van der Waals surface area contributed by atoms with E-state index in [2.05, 4.69) is 37.2 Å². The molecule has 0 aromatic heterocycles. The van der Waals surface area contributed by atoms with E-state index in [-0.39, 0.29) is 23.9 Å². The Labute approximate surface area is 126 Å². The second-order valence-electron chi connectivity index (χ2n) is 3.81. The van der Waals surface area contributed by atoms with E-state index >= 15 is 0 Å². The van der Waals surface area contributed by atoms with Gasteiger partial charge in [-0.25, -0.2) is 0 Å². The molecule has 0 N–H and O–H groups in total. The van der Waals surface area contributed by atoms with Gasteiger partial charge in [0, 0.05) is 14.2 Å². The molecule has 2 fully saturated rings. The molecule has 2 rings (SSSR count). The van der Waals surface area contributed by atoms with Gasteiger partial charge in [-0.15, -0.1) is 0 Å². The van der Waals surface area contributed by atoms with E-state index in [1.807, 2.05) is 6.92 Å². The Hall–Kier alpha value is 2.03. The van der Waals surface area contributed by atoms with Crippen LogP contribution in [-0.2, 0) is 18.9 Å². The third-order valence-electron chi connectivity index (χ3n) is 2.86. The Bertz CT molecular complexity index is 219. The summed E-state index contributed by atoms with van der Waals surface area (Å²) in [4.78, 5) is 0. The van der Waals surface area contributed by atoms with Gasteiger partial charge in [-0.05, 0) is 6.92 Å². The van der Waals surface area contributed by atoms with Crippen LogP contribution < -0.4 is 13.3 Å². The summed E-state index contributed by atoms with van der Waals surface area (Å²) in [5, 5.41) is 0. The Morgan fingerprint density at radius 1 is 1.44 bits per heavy atom. The molecule has 0 aromatic carbocycles. The van der Waals surface area contributed by atoms with Gasteiger partial charge in [0.25, 0.3) is 0 Å². The molecule has 4 unspecified atom stereocenters. The SMILES string of the molecule is COCC12COC(C(C)O1)C2OC.I[I-]I. The Morgan fingerprint density at radius 2 is 2.06 bits per heavy atom. The van der Waals surface area contributed by atoms with E-state index in [0.717, 1.165) is 0 Å². The van der Waals surface area contributed by atoms with Crippen LogP contribution in [0.3, 0.4) is 0 Å². The standard InChI is InChI=1S/C9H16O4.I3/c1-6-7-8(11-3)9(13-6,4-10-2)5-12-7;1-3-2/h6-8H,4-5H2,1-3H3;/q;-1. The van der Waals surface area contributed by atoms with Crippen LogP contribution >= 0.6 is 37.2 Å². The summed E-state index contributed by atoms with van der Waals surface area (Å²) in [6.45, 7) is 3.12. The van der Waals surface area contributed by atoms with Gasteiger partial charge >= 0.3 is 50.5 Å². The summed E-state index contributed by atoms with van der Waals surface area (Å²) in [5.74, 6) is 0. The van der Waals surface area contributed by atoms with Crippen molar-refractivity contribution in [3.8, 4) is 0 Å². The second kappa shape index (κ2) is 7.58. The summed E-state index contributed by atoms with van der Waals surface area (Å²) in [5.41, 5.74) is -0.367. The average molecular weight is 569 g/mol. The van der Waals surface area contributed by atoms with Crippen LogP contribution in [0, 0.1) is 0 Å². The maximum absolute atomic E-state index is 5.82. The van der Waals surface area contributed by atoms with Crippen LogP contribution in [0.2, 0.25) is 0 Å². The van der Waals surface area contributed by atoms with E-state index in [4.69, 9.17) is 18.9 Å². The van der Waals surface area contributed by atoms with Gasteiger partial charge in [-0.2, -0.15) is 0 Å². The van der Waals surface area contributed by atoms with Crippen molar-refractivity contribution in [1.82, 2.24) is 0 Å².